The number of nitrogens with one attached hydrogen (secondary N) is 1. The number of rotatable bonds is 3. The average Bonchev–Trinajstić information content (AvgIpc) is 3.11. The molecule has 0 saturated carbocycles. The summed E-state index contributed by atoms with van der Waals surface area (Å²) in [4.78, 5) is 12.5. The van der Waals surface area contributed by atoms with Crippen LogP contribution in [0.25, 0.3) is 5.69 Å². The van der Waals surface area contributed by atoms with E-state index in [1.165, 1.54) is 10.7 Å². The molecule has 0 fully saturated rings. The number of carbonyl (C=O) groups is 1. The summed E-state index contributed by atoms with van der Waals surface area (Å²) in [5.41, 5.74) is 1.35. The number of anilines is 1. The van der Waals surface area contributed by atoms with Gasteiger partial charge in [-0.05, 0) is 68.1 Å². The molecule has 9 heteroatoms. The van der Waals surface area contributed by atoms with Gasteiger partial charge >= 0.3 is 6.18 Å². The lowest BCUT2D eigenvalue weighted by Gasteiger charge is -2.15. The van der Waals surface area contributed by atoms with E-state index in [1.807, 2.05) is 0 Å². The van der Waals surface area contributed by atoms with E-state index in [1.54, 1.807) is 36.4 Å². The second-order valence-electron chi connectivity index (χ2n) is 7.02. The van der Waals surface area contributed by atoms with Gasteiger partial charge in [0.2, 0.25) is 0 Å². The van der Waals surface area contributed by atoms with Crippen LogP contribution in [0.2, 0.25) is 10.0 Å². The van der Waals surface area contributed by atoms with Crippen LogP contribution in [0.3, 0.4) is 0 Å². The first-order valence-corrected chi connectivity index (χ1v) is 10.0. The summed E-state index contributed by atoms with van der Waals surface area (Å²) in [5.74, 6) is -0.376. The number of benzene rings is 2. The first-order valence-electron chi connectivity index (χ1n) is 9.29. The van der Waals surface area contributed by atoms with Crippen LogP contribution in [-0.4, -0.2) is 15.7 Å². The third kappa shape index (κ3) is 4.04. The fourth-order valence-corrected chi connectivity index (χ4v) is 3.87. The highest BCUT2D eigenvalue weighted by Crippen LogP contribution is 2.36. The first kappa shape index (κ1) is 20.8. The minimum absolute atomic E-state index is 0.273. The number of carbonyl (C=O) groups excluding carboxylic acids is 1. The van der Waals surface area contributed by atoms with E-state index >= 15 is 0 Å². The number of halogens is 5. The number of fused-ring (bicyclic) bond motifs is 1. The molecule has 1 aromatic heterocycles. The smallest absolute Gasteiger partial charge is 0.322 e. The summed E-state index contributed by atoms with van der Waals surface area (Å²) in [6.45, 7) is 0. The lowest BCUT2D eigenvalue weighted by atomic mass is 9.95. The van der Waals surface area contributed by atoms with E-state index in [0.29, 0.717) is 45.5 Å². The van der Waals surface area contributed by atoms with Gasteiger partial charge in [0, 0.05) is 22.5 Å². The Labute approximate surface area is 180 Å². The van der Waals surface area contributed by atoms with Crippen molar-refractivity contribution in [3.63, 3.8) is 0 Å². The molecular formula is C21H16Cl2F3N3O. The van der Waals surface area contributed by atoms with E-state index in [0.717, 1.165) is 12.8 Å². The Bertz CT molecular complexity index is 1110. The van der Waals surface area contributed by atoms with Gasteiger partial charge in [-0.15, -0.1) is 0 Å². The minimum Gasteiger partial charge on any atom is -0.322 e. The highest BCUT2D eigenvalue weighted by atomic mass is 35.5. The molecule has 0 unspecified atom stereocenters. The van der Waals surface area contributed by atoms with Crippen LogP contribution in [0.1, 0.15) is 40.2 Å². The van der Waals surface area contributed by atoms with Gasteiger partial charge in [-0.1, -0.05) is 23.2 Å². The zero-order valence-electron chi connectivity index (χ0n) is 15.6. The van der Waals surface area contributed by atoms with Gasteiger partial charge in [0.05, 0.1) is 15.7 Å². The van der Waals surface area contributed by atoms with Crippen molar-refractivity contribution in [1.29, 1.82) is 0 Å². The van der Waals surface area contributed by atoms with Crippen molar-refractivity contribution in [1.82, 2.24) is 9.78 Å². The molecular weight excluding hydrogens is 438 g/mol. The van der Waals surface area contributed by atoms with Gasteiger partial charge in [0.25, 0.3) is 5.91 Å². The molecule has 1 aliphatic rings. The van der Waals surface area contributed by atoms with Gasteiger partial charge in [-0.3, -0.25) is 4.79 Å². The SMILES string of the molecule is O=C(Nc1ccc(Cl)c(Cl)c1)c1ccc(-n2nc(C(F)(F)F)c3c2CCCC3)cc1. The van der Waals surface area contributed by atoms with E-state index in [2.05, 4.69) is 10.4 Å². The topological polar surface area (TPSA) is 46.9 Å². The highest BCUT2D eigenvalue weighted by Gasteiger charge is 2.39. The summed E-state index contributed by atoms with van der Waals surface area (Å²) in [5, 5.41) is 7.25. The fourth-order valence-electron chi connectivity index (χ4n) is 3.57. The molecule has 0 aliphatic heterocycles. The van der Waals surface area contributed by atoms with Crippen molar-refractivity contribution in [3.05, 3.63) is 75.0 Å². The maximum absolute atomic E-state index is 13.4. The maximum Gasteiger partial charge on any atom is 0.435 e. The monoisotopic (exact) mass is 453 g/mol. The third-order valence-corrected chi connectivity index (χ3v) is 5.74. The van der Waals surface area contributed by atoms with Crippen LogP contribution >= 0.6 is 23.2 Å². The molecule has 0 spiro atoms. The molecule has 0 atom stereocenters. The molecule has 1 aliphatic carbocycles. The molecule has 0 bridgehead atoms. The molecule has 0 radical (unpaired) electrons. The normalized spacial score (nSPS) is 13.8. The Kier molecular flexibility index (Phi) is 5.51. The van der Waals surface area contributed by atoms with Crippen molar-refractivity contribution in [2.45, 2.75) is 31.9 Å². The fraction of sp³-hybridized carbons (Fsp3) is 0.238. The van der Waals surface area contributed by atoms with E-state index in [4.69, 9.17) is 23.2 Å². The molecule has 1 heterocycles. The molecule has 1 N–H and O–H groups in total. The number of alkyl halides is 3. The van der Waals surface area contributed by atoms with Crippen molar-refractivity contribution in [2.75, 3.05) is 5.32 Å². The molecule has 1 amide bonds. The van der Waals surface area contributed by atoms with Crippen LogP contribution in [0.15, 0.2) is 42.5 Å². The Balaban J connectivity index is 1.60. The summed E-state index contributed by atoms with van der Waals surface area (Å²) in [6, 6.07) is 11.0. The Hall–Kier alpha value is -2.51. The van der Waals surface area contributed by atoms with Crippen LogP contribution in [0.4, 0.5) is 18.9 Å². The lowest BCUT2D eigenvalue weighted by molar-refractivity contribution is -0.142. The van der Waals surface area contributed by atoms with Crippen molar-refractivity contribution >= 4 is 34.8 Å². The summed E-state index contributed by atoms with van der Waals surface area (Å²) in [6.07, 6.45) is -2.05. The number of amides is 1. The first-order chi connectivity index (χ1) is 14.2. The predicted octanol–water partition coefficient (Wildman–Crippen LogP) is 6.33. The molecule has 0 saturated heterocycles. The maximum atomic E-state index is 13.4. The summed E-state index contributed by atoms with van der Waals surface area (Å²) in [7, 11) is 0. The van der Waals surface area contributed by atoms with Crippen molar-refractivity contribution in [2.24, 2.45) is 0 Å². The predicted molar refractivity (Wildman–Crippen MR) is 110 cm³/mol. The second kappa shape index (κ2) is 7.96. The Morgan fingerprint density at radius 3 is 2.37 bits per heavy atom. The average molecular weight is 454 g/mol. The number of hydrogen-bond donors (Lipinski definition) is 1. The zero-order valence-corrected chi connectivity index (χ0v) is 17.1. The quantitative estimate of drug-likeness (QED) is 0.503. The van der Waals surface area contributed by atoms with Gasteiger partial charge in [-0.25, -0.2) is 4.68 Å². The minimum atomic E-state index is -4.49. The second-order valence-corrected chi connectivity index (χ2v) is 7.83. The highest BCUT2D eigenvalue weighted by molar-refractivity contribution is 6.42. The number of aromatic nitrogens is 2. The lowest BCUT2D eigenvalue weighted by Crippen LogP contribution is -2.12. The Morgan fingerprint density at radius 1 is 1.00 bits per heavy atom. The van der Waals surface area contributed by atoms with Gasteiger partial charge in [-0.2, -0.15) is 18.3 Å². The van der Waals surface area contributed by atoms with Gasteiger partial charge in [0.1, 0.15) is 0 Å². The van der Waals surface area contributed by atoms with Gasteiger partial charge in [0.15, 0.2) is 5.69 Å². The number of hydrogen-bond acceptors (Lipinski definition) is 2. The standard InChI is InChI=1S/C21H16Cl2F3N3O/c22-16-10-7-13(11-17(16)23)27-20(30)12-5-8-14(9-6-12)29-18-4-2-1-3-15(18)19(28-29)21(24,25)26/h5-11H,1-4H2,(H,27,30). The van der Waals surface area contributed by atoms with Crippen LogP contribution < -0.4 is 5.32 Å². The third-order valence-electron chi connectivity index (χ3n) is 5.00. The molecule has 156 valence electrons. The van der Waals surface area contributed by atoms with Crippen LogP contribution in [-0.2, 0) is 19.0 Å². The largest absolute Gasteiger partial charge is 0.435 e. The van der Waals surface area contributed by atoms with Crippen LogP contribution in [0, 0.1) is 0 Å². The van der Waals surface area contributed by atoms with Crippen LogP contribution in [0.5, 0.6) is 0 Å². The molecule has 3 aromatic rings. The Morgan fingerprint density at radius 2 is 1.70 bits per heavy atom. The summed E-state index contributed by atoms with van der Waals surface area (Å²) >= 11 is 11.8. The van der Waals surface area contributed by atoms with E-state index in [9.17, 15) is 18.0 Å². The van der Waals surface area contributed by atoms with E-state index in [-0.39, 0.29) is 11.5 Å². The zero-order chi connectivity index (χ0) is 21.5. The number of nitrogens with zero attached hydrogens (tertiary/aromatic N) is 2. The summed E-state index contributed by atoms with van der Waals surface area (Å²) < 4.78 is 41.5. The van der Waals surface area contributed by atoms with Crippen molar-refractivity contribution < 1.29 is 18.0 Å². The molecule has 4 rings (SSSR count). The van der Waals surface area contributed by atoms with Gasteiger partial charge < -0.3 is 5.32 Å². The molecule has 4 nitrogen and oxygen atoms in total. The molecule has 30 heavy (non-hydrogen) atoms. The molecule has 2 aromatic carbocycles. The van der Waals surface area contributed by atoms with E-state index < -0.39 is 11.9 Å². The van der Waals surface area contributed by atoms with Crippen molar-refractivity contribution in [3.8, 4) is 5.69 Å².